The Labute approximate surface area is 129 Å². The molecule has 0 saturated carbocycles. The van der Waals surface area contributed by atoms with Crippen LogP contribution in [-0.4, -0.2) is 0 Å². The molecule has 1 aliphatic heterocycles. The molecule has 0 spiro atoms. The Kier molecular flexibility index (Phi) is 3.17. The zero-order chi connectivity index (χ0) is 14.1. The summed E-state index contributed by atoms with van der Waals surface area (Å²) in [4.78, 5) is 1.25. The second-order valence-electron chi connectivity index (χ2n) is 5.11. The van der Waals surface area contributed by atoms with Crippen LogP contribution in [0.3, 0.4) is 0 Å². The van der Waals surface area contributed by atoms with Crippen molar-refractivity contribution in [2.75, 3.05) is 4.31 Å². The number of fused-ring (bicyclic) bond motifs is 2. The van der Waals surface area contributed by atoms with Crippen LogP contribution in [0.2, 0.25) is 0 Å². The summed E-state index contributed by atoms with van der Waals surface area (Å²) in [6, 6.07) is 19.1. The summed E-state index contributed by atoms with van der Waals surface area (Å²) in [5.74, 6) is 0. The van der Waals surface area contributed by atoms with Crippen LogP contribution in [-0.2, 0) is 0 Å². The van der Waals surface area contributed by atoms with Crippen molar-refractivity contribution in [1.29, 1.82) is 0 Å². The molecule has 0 amide bonds. The minimum atomic E-state index is 1.01. The third-order valence-electron chi connectivity index (χ3n) is 3.70. The third kappa shape index (κ3) is 2.32. The number of hydrogen-bond donors (Lipinski definition) is 0. The molecule has 0 bridgehead atoms. The van der Waals surface area contributed by atoms with Crippen molar-refractivity contribution in [1.82, 2.24) is 0 Å². The number of nitrogens with zero attached hydrogens (tertiary/aromatic N) is 1. The monoisotopic (exact) mass is 289 g/mol. The summed E-state index contributed by atoms with van der Waals surface area (Å²) in [6.45, 7) is 0. The molecule has 0 aromatic heterocycles. The molecule has 0 radical (unpaired) electrons. The van der Waals surface area contributed by atoms with Gasteiger partial charge in [0.15, 0.2) is 0 Å². The predicted molar refractivity (Wildman–Crippen MR) is 91.0 cm³/mol. The number of benzene rings is 2. The first-order valence-corrected chi connectivity index (χ1v) is 7.89. The first kappa shape index (κ1) is 12.5. The molecule has 1 nitrogen and oxygen atoms in total. The highest BCUT2D eigenvalue weighted by molar-refractivity contribution is 8.00. The highest BCUT2D eigenvalue weighted by Crippen LogP contribution is 2.43. The lowest BCUT2D eigenvalue weighted by atomic mass is 9.96. The minimum absolute atomic E-state index is 1.01. The average molecular weight is 289 g/mol. The van der Waals surface area contributed by atoms with Gasteiger partial charge in [0.25, 0.3) is 0 Å². The summed E-state index contributed by atoms with van der Waals surface area (Å²) in [6.07, 6.45) is 9.90. The van der Waals surface area contributed by atoms with Crippen LogP contribution in [0.25, 0.3) is 6.08 Å². The largest absolute Gasteiger partial charge is 0.280 e. The number of anilines is 1. The fraction of sp³-hybridized carbons (Fsp3) is 0.0526. The van der Waals surface area contributed by atoms with Crippen molar-refractivity contribution in [3.63, 3.8) is 0 Å². The van der Waals surface area contributed by atoms with Gasteiger partial charge >= 0.3 is 0 Å². The molecule has 0 fully saturated rings. The molecule has 0 N–H and O–H groups in total. The van der Waals surface area contributed by atoms with Crippen molar-refractivity contribution in [3.05, 3.63) is 89.7 Å². The Balaban J connectivity index is 1.81. The van der Waals surface area contributed by atoms with Crippen LogP contribution in [0, 0.1) is 0 Å². The van der Waals surface area contributed by atoms with Gasteiger partial charge in [-0.3, -0.25) is 4.31 Å². The highest BCUT2D eigenvalue weighted by atomic mass is 32.2. The molecule has 0 unspecified atom stereocenters. The van der Waals surface area contributed by atoms with E-state index >= 15 is 0 Å². The summed E-state index contributed by atoms with van der Waals surface area (Å²) in [7, 11) is 0. The van der Waals surface area contributed by atoms with Crippen LogP contribution in [0.15, 0.2) is 89.0 Å². The zero-order valence-electron chi connectivity index (χ0n) is 11.6. The van der Waals surface area contributed by atoms with E-state index in [2.05, 4.69) is 83.2 Å². The molecular formula is C19H15NS. The molecule has 0 atom stereocenters. The van der Waals surface area contributed by atoms with E-state index < -0.39 is 0 Å². The van der Waals surface area contributed by atoms with Gasteiger partial charge in [-0.2, -0.15) is 0 Å². The first-order valence-electron chi connectivity index (χ1n) is 7.12. The van der Waals surface area contributed by atoms with Crippen molar-refractivity contribution >= 4 is 23.7 Å². The van der Waals surface area contributed by atoms with Gasteiger partial charge in [-0.05, 0) is 59.9 Å². The Hall–Kier alpha value is -2.19. The minimum Gasteiger partial charge on any atom is -0.280 e. The standard InChI is InChI=1S/C19H15NS/c1-2-10-17(11-3-1)21-20-18-12-6-4-8-15(18)14-16-9-5-7-13-19(16)20/h1-8,10-14H,9H2. The van der Waals surface area contributed by atoms with E-state index in [0.717, 1.165) is 6.42 Å². The summed E-state index contributed by atoms with van der Waals surface area (Å²) < 4.78 is 2.35. The fourth-order valence-electron chi connectivity index (χ4n) is 2.69. The van der Waals surface area contributed by atoms with Crippen molar-refractivity contribution in [2.45, 2.75) is 11.3 Å². The maximum absolute atomic E-state index is 2.35. The van der Waals surface area contributed by atoms with Gasteiger partial charge in [0.2, 0.25) is 0 Å². The van der Waals surface area contributed by atoms with Crippen molar-refractivity contribution in [2.24, 2.45) is 0 Å². The molecule has 1 heterocycles. The van der Waals surface area contributed by atoms with Crippen LogP contribution in [0.4, 0.5) is 5.69 Å². The van der Waals surface area contributed by atoms with Gasteiger partial charge in [-0.1, -0.05) is 48.6 Å². The van der Waals surface area contributed by atoms with E-state index in [-0.39, 0.29) is 0 Å². The Morgan fingerprint density at radius 2 is 1.71 bits per heavy atom. The molecule has 102 valence electrons. The molecule has 21 heavy (non-hydrogen) atoms. The van der Waals surface area contributed by atoms with Gasteiger partial charge in [0.05, 0.1) is 11.4 Å². The normalized spacial score (nSPS) is 15.9. The summed E-state index contributed by atoms with van der Waals surface area (Å²) >= 11 is 1.78. The van der Waals surface area contributed by atoms with Gasteiger partial charge in [0.1, 0.15) is 0 Å². The maximum Gasteiger partial charge on any atom is 0.0601 e. The second kappa shape index (κ2) is 5.30. The lowest BCUT2D eigenvalue weighted by Crippen LogP contribution is -2.20. The second-order valence-corrected chi connectivity index (χ2v) is 6.13. The highest BCUT2D eigenvalue weighted by Gasteiger charge is 2.24. The molecule has 2 aromatic rings. The molecular weight excluding hydrogens is 274 g/mol. The van der Waals surface area contributed by atoms with Crippen LogP contribution in [0.5, 0.6) is 0 Å². The Morgan fingerprint density at radius 3 is 2.62 bits per heavy atom. The SMILES string of the molecule is C1=CCC2=Cc3ccccc3N(Sc3ccccc3)C2=C1. The number of para-hydroxylation sites is 1. The van der Waals surface area contributed by atoms with Crippen molar-refractivity contribution in [3.8, 4) is 0 Å². The van der Waals surface area contributed by atoms with Crippen molar-refractivity contribution < 1.29 is 0 Å². The van der Waals surface area contributed by atoms with E-state index in [1.807, 2.05) is 0 Å². The quantitative estimate of drug-likeness (QED) is 0.677. The van der Waals surface area contributed by atoms with E-state index in [4.69, 9.17) is 0 Å². The summed E-state index contributed by atoms with van der Waals surface area (Å²) in [5.41, 5.74) is 5.24. The molecule has 2 aromatic carbocycles. The average Bonchev–Trinajstić information content (AvgIpc) is 2.55. The van der Waals surface area contributed by atoms with E-state index in [0.29, 0.717) is 0 Å². The first-order chi connectivity index (χ1) is 10.4. The van der Waals surface area contributed by atoms with Crippen LogP contribution in [0.1, 0.15) is 12.0 Å². The van der Waals surface area contributed by atoms with Crippen LogP contribution >= 0.6 is 11.9 Å². The van der Waals surface area contributed by atoms with Gasteiger partial charge in [0, 0.05) is 4.90 Å². The third-order valence-corrected chi connectivity index (χ3v) is 4.76. The number of hydrogen-bond acceptors (Lipinski definition) is 2. The lowest BCUT2D eigenvalue weighted by molar-refractivity contribution is 1.14. The Morgan fingerprint density at radius 1 is 0.905 bits per heavy atom. The topological polar surface area (TPSA) is 3.24 Å². The molecule has 2 aliphatic rings. The molecule has 1 aliphatic carbocycles. The van der Waals surface area contributed by atoms with E-state index in [9.17, 15) is 0 Å². The Bertz CT molecular complexity index is 756. The maximum atomic E-state index is 2.35. The van der Waals surface area contributed by atoms with Gasteiger partial charge < -0.3 is 0 Å². The molecule has 2 heteroatoms. The zero-order valence-corrected chi connectivity index (χ0v) is 12.4. The van der Waals surface area contributed by atoms with Crippen LogP contribution < -0.4 is 4.31 Å². The van der Waals surface area contributed by atoms with E-state index in [1.54, 1.807) is 11.9 Å². The fourth-order valence-corrected chi connectivity index (χ4v) is 3.72. The number of allylic oxidation sites excluding steroid dienone is 4. The van der Waals surface area contributed by atoms with Gasteiger partial charge in [-0.25, -0.2) is 0 Å². The molecule has 0 saturated heterocycles. The smallest absolute Gasteiger partial charge is 0.0601 e. The van der Waals surface area contributed by atoms with Gasteiger partial charge in [-0.15, -0.1) is 0 Å². The molecule has 4 rings (SSSR count). The lowest BCUT2D eigenvalue weighted by Gasteiger charge is -2.33. The van der Waals surface area contributed by atoms with E-state index in [1.165, 1.54) is 27.4 Å². The summed E-state index contributed by atoms with van der Waals surface area (Å²) in [5, 5.41) is 0. The predicted octanol–water partition coefficient (Wildman–Crippen LogP) is 5.44. The number of rotatable bonds is 2.